The second-order valence-electron chi connectivity index (χ2n) is 10.8. The predicted octanol–water partition coefficient (Wildman–Crippen LogP) is 5.60. The Morgan fingerprint density at radius 1 is 0.952 bits per heavy atom. The second kappa shape index (κ2) is 11.7. The minimum absolute atomic E-state index is 0.0238. The number of nitrogens with zero attached hydrogens (tertiary/aromatic N) is 6. The van der Waals surface area contributed by atoms with Gasteiger partial charge < -0.3 is 15.1 Å². The van der Waals surface area contributed by atoms with Crippen molar-refractivity contribution in [2.75, 3.05) is 24.3 Å². The molecule has 0 bridgehead atoms. The van der Waals surface area contributed by atoms with Gasteiger partial charge in [-0.15, -0.1) is 16.4 Å². The van der Waals surface area contributed by atoms with Gasteiger partial charge in [-0.3, -0.25) is 9.59 Å². The largest absolute Gasteiger partial charge is 0.378 e. The van der Waals surface area contributed by atoms with Crippen LogP contribution < -0.4 is 10.2 Å². The van der Waals surface area contributed by atoms with Crippen LogP contribution in [0.2, 0.25) is 0 Å². The van der Waals surface area contributed by atoms with Crippen molar-refractivity contribution >= 4 is 45.6 Å². The van der Waals surface area contributed by atoms with Gasteiger partial charge in [-0.05, 0) is 49.2 Å². The summed E-state index contributed by atoms with van der Waals surface area (Å²) >= 11 is 1.50. The Morgan fingerprint density at radius 2 is 1.67 bits per heavy atom. The summed E-state index contributed by atoms with van der Waals surface area (Å²) in [5.41, 5.74) is 4.10. The molecule has 1 saturated carbocycles. The third kappa shape index (κ3) is 5.49. The van der Waals surface area contributed by atoms with E-state index in [1.54, 1.807) is 9.58 Å². The lowest BCUT2D eigenvalue weighted by Crippen LogP contribution is -2.57. The molecule has 0 spiro atoms. The fraction of sp³-hybridized carbons (Fsp3) is 0.281. The molecule has 9 nitrogen and oxygen atoms in total. The SMILES string of the molecule is CN(C)c1ccc(NC(=O)C2(N(Cc3nc(-c4ccccc4)cs3)C(=O)Cn3nnc4ccccc43)CCCC2)cc1. The van der Waals surface area contributed by atoms with Gasteiger partial charge in [-0.1, -0.05) is 60.5 Å². The number of amides is 2. The van der Waals surface area contributed by atoms with Crippen LogP contribution in [0, 0.1) is 0 Å². The summed E-state index contributed by atoms with van der Waals surface area (Å²) in [4.78, 5) is 37.0. The highest BCUT2D eigenvalue weighted by molar-refractivity contribution is 7.09. The Labute approximate surface area is 248 Å². The number of carbonyl (C=O) groups is 2. The molecule has 6 rings (SSSR count). The number of benzene rings is 3. The van der Waals surface area contributed by atoms with E-state index in [2.05, 4.69) is 15.6 Å². The molecular weight excluding hydrogens is 546 g/mol. The first-order valence-corrected chi connectivity index (χ1v) is 15.0. The van der Waals surface area contributed by atoms with Gasteiger partial charge in [0, 0.05) is 36.4 Å². The zero-order valence-corrected chi connectivity index (χ0v) is 24.6. The van der Waals surface area contributed by atoms with Crippen LogP contribution >= 0.6 is 11.3 Å². The summed E-state index contributed by atoms with van der Waals surface area (Å²) < 4.78 is 1.61. The van der Waals surface area contributed by atoms with Gasteiger partial charge >= 0.3 is 0 Å². The number of hydrogen-bond acceptors (Lipinski definition) is 7. The summed E-state index contributed by atoms with van der Waals surface area (Å²) in [5, 5.41) is 14.4. The molecule has 0 atom stereocenters. The maximum Gasteiger partial charge on any atom is 0.250 e. The summed E-state index contributed by atoms with van der Waals surface area (Å²) in [5.74, 6) is -0.364. The normalized spacial score (nSPS) is 14.1. The number of para-hydroxylation sites is 1. The van der Waals surface area contributed by atoms with Crippen molar-refractivity contribution in [2.45, 2.75) is 44.3 Å². The number of fused-ring (bicyclic) bond motifs is 1. The molecule has 1 aliphatic carbocycles. The Hall–Kier alpha value is -4.57. The Morgan fingerprint density at radius 3 is 2.40 bits per heavy atom. The molecule has 1 N–H and O–H groups in total. The van der Waals surface area contributed by atoms with Crippen molar-refractivity contribution in [3.63, 3.8) is 0 Å². The molecule has 214 valence electrons. The zero-order valence-electron chi connectivity index (χ0n) is 23.7. The third-order valence-electron chi connectivity index (χ3n) is 7.93. The molecule has 0 unspecified atom stereocenters. The summed E-state index contributed by atoms with van der Waals surface area (Å²) in [7, 11) is 3.95. The molecular formula is C32H33N7O2S. The fourth-order valence-electron chi connectivity index (χ4n) is 5.66. The van der Waals surface area contributed by atoms with E-state index in [-0.39, 0.29) is 24.9 Å². The maximum atomic E-state index is 14.2. The minimum Gasteiger partial charge on any atom is -0.378 e. The average molecular weight is 580 g/mol. The number of carbonyl (C=O) groups excluding carboxylic acids is 2. The third-order valence-corrected chi connectivity index (χ3v) is 8.77. The Bertz CT molecular complexity index is 1690. The molecule has 2 heterocycles. The summed E-state index contributed by atoms with van der Waals surface area (Å²) in [6, 6.07) is 25.3. The van der Waals surface area contributed by atoms with Gasteiger partial charge in [0.15, 0.2) is 0 Å². The molecule has 1 aliphatic rings. The molecule has 0 aliphatic heterocycles. The van der Waals surface area contributed by atoms with E-state index in [4.69, 9.17) is 4.98 Å². The molecule has 3 aromatic carbocycles. The first-order chi connectivity index (χ1) is 20.4. The fourth-order valence-corrected chi connectivity index (χ4v) is 6.45. The van der Waals surface area contributed by atoms with Crippen LogP contribution in [0.3, 0.4) is 0 Å². The number of nitrogens with one attached hydrogen (secondary N) is 1. The van der Waals surface area contributed by atoms with Crippen LogP contribution in [0.15, 0.2) is 84.2 Å². The standard InChI is InChI=1S/C32H33N7O2S/c1-37(2)25-16-14-24(15-17-25)33-31(41)32(18-8-9-19-32)38(20-29-34-27(22-42-29)23-10-4-3-5-11-23)30(40)21-39-28-13-7-6-12-26(28)35-36-39/h3-7,10-17,22H,8-9,18-21H2,1-2H3,(H,33,41). The number of thiazole rings is 1. The van der Waals surface area contributed by atoms with E-state index in [1.807, 2.05) is 103 Å². The molecule has 2 aromatic heterocycles. The van der Waals surface area contributed by atoms with Crippen LogP contribution in [0.25, 0.3) is 22.3 Å². The van der Waals surface area contributed by atoms with Crippen molar-refractivity contribution in [3.8, 4) is 11.3 Å². The first kappa shape index (κ1) is 27.6. The smallest absolute Gasteiger partial charge is 0.250 e. The molecule has 0 radical (unpaired) electrons. The number of anilines is 2. The number of aromatic nitrogens is 4. The van der Waals surface area contributed by atoms with Crippen LogP contribution in [0.1, 0.15) is 30.7 Å². The molecule has 42 heavy (non-hydrogen) atoms. The van der Waals surface area contributed by atoms with Gasteiger partial charge in [0.25, 0.3) is 0 Å². The van der Waals surface area contributed by atoms with Crippen molar-refractivity contribution < 1.29 is 9.59 Å². The highest BCUT2D eigenvalue weighted by Gasteiger charge is 2.48. The van der Waals surface area contributed by atoms with Gasteiger partial charge in [0.1, 0.15) is 22.6 Å². The van der Waals surface area contributed by atoms with E-state index < -0.39 is 5.54 Å². The number of rotatable bonds is 9. The Kier molecular flexibility index (Phi) is 7.71. The van der Waals surface area contributed by atoms with Gasteiger partial charge in [0.05, 0.1) is 17.8 Å². The molecule has 10 heteroatoms. The molecule has 2 amide bonds. The van der Waals surface area contributed by atoms with Crippen molar-refractivity contribution in [3.05, 3.63) is 89.3 Å². The predicted molar refractivity (Wildman–Crippen MR) is 166 cm³/mol. The molecule has 1 fully saturated rings. The summed E-state index contributed by atoms with van der Waals surface area (Å²) in [6.07, 6.45) is 2.87. The number of hydrogen-bond donors (Lipinski definition) is 1. The lowest BCUT2D eigenvalue weighted by molar-refractivity contribution is -0.147. The van der Waals surface area contributed by atoms with Crippen LogP contribution in [-0.2, 0) is 22.7 Å². The highest BCUT2D eigenvalue weighted by Crippen LogP contribution is 2.39. The second-order valence-corrected chi connectivity index (χ2v) is 11.8. The molecule has 0 saturated heterocycles. The van der Waals surface area contributed by atoms with Crippen molar-refractivity contribution in [2.24, 2.45) is 0 Å². The minimum atomic E-state index is -1.01. The van der Waals surface area contributed by atoms with E-state index >= 15 is 0 Å². The average Bonchev–Trinajstić information content (AvgIpc) is 3.78. The van der Waals surface area contributed by atoms with E-state index in [9.17, 15) is 9.59 Å². The van der Waals surface area contributed by atoms with Crippen LogP contribution in [-0.4, -0.2) is 56.3 Å². The lowest BCUT2D eigenvalue weighted by Gasteiger charge is -2.39. The van der Waals surface area contributed by atoms with Crippen molar-refractivity contribution in [1.82, 2.24) is 24.9 Å². The van der Waals surface area contributed by atoms with Crippen LogP contribution in [0.4, 0.5) is 11.4 Å². The van der Waals surface area contributed by atoms with E-state index in [0.29, 0.717) is 18.5 Å². The van der Waals surface area contributed by atoms with Gasteiger partial charge in [-0.2, -0.15) is 0 Å². The lowest BCUT2D eigenvalue weighted by atomic mass is 9.93. The van der Waals surface area contributed by atoms with Crippen molar-refractivity contribution in [1.29, 1.82) is 0 Å². The van der Waals surface area contributed by atoms with E-state index in [1.165, 1.54) is 11.3 Å². The Balaban J connectivity index is 1.33. The maximum absolute atomic E-state index is 14.2. The van der Waals surface area contributed by atoms with Gasteiger partial charge in [0.2, 0.25) is 11.8 Å². The monoisotopic (exact) mass is 579 g/mol. The van der Waals surface area contributed by atoms with Crippen LogP contribution in [0.5, 0.6) is 0 Å². The van der Waals surface area contributed by atoms with E-state index in [0.717, 1.165) is 45.8 Å². The topological polar surface area (TPSA) is 96.2 Å². The quantitative estimate of drug-likeness (QED) is 0.244. The van der Waals surface area contributed by atoms with Gasteiger partial charge in [-0.25, -0.2) is 9.67 Å². The first-order valence-electron chi connectivity index (χ1n) is 14.1. The molecule has 5 aromatic rings. The highest BCUT2D eigenvalue weighted by atomic mass is 32.1. The zero-order chi connectivity index (χ0) is 29.1. The summed E-state index contributed by atoms with van der Waals surface area (Å²) in [6.45, 7) is 0.208.